The summed E-state index contributed by atoms with van der Waals surface area (Å²) in [4.78, 5) is 20.1. The molecule has 0 atom stereocenters. The van der Waals surface area contributed by atoms with Gasteiger partial charge in [-0.1, -0.05) is 0 Å². The number of halogens is 1. The smallest absolute Gasteiger partial charge is 0.272 e. The van der Waals surface area contributed by atoms with Gasteiger partial charge >= 0.3 is 0 Å². The maximum Gasteiger partial charge on any atom is 0.272 e. The molecule has 0 aromatic carbocycles. The number of H-pyrrole nitrogens is 1. The van der Waals surface area contributed by atoms with Crippen LogP contribution in [0.3, 0.4) is 0 Å². The molecule has 3 aromatic heterocycles. The van der Waals surface area contributed by atoms with E-state index in [-0.39, 0.29) is 18.0 Å². The van der Waals surface area contributed by atoms with Crippen molar-refractivity contribution in [2.75, 3.05) is 0 Å². The molecule has 82 valence electrons. The van der Waals surface area contributed by atoms with Crippen LogP contribution in [0.2, 0.25) is 0 Å². The lowest BCUT2D eigenvalue weighted by Crippen LogP contribution is -2.14. The second-order valence-electron chi connectivity index (χ2n) is 3.41. The van der Waals surface area contributed by atoms with Crippen molar-refractivity contribution in [3.8, 4) is 0 Å². The highest BCUT2D eigenvalue weighted by atomic mass is 35.5. The van der Waals surface area contributed by atoms with Crippen LogP contribution in [0.1, 0.15) is 5.69 Å². The van der Waals surface area contributed by atoms with Crippen LogP contribution in [-0.4, -0.2) is 19.6 Å². The van der Waals surface area contributed by atoms with Crippen LogP contribution in [0.4, 0.5) is 0 Å². The quantitative estimate of drug-likeness (QED) is 0.640. The van der Waals surface area contributed by atoms with Gasteiger partial charge in [0.1, 0.15) is 0 Å². The van der Waals surface area contributed by atoms with Gasteiger partial charge in [-0.15, -0.1) is 12.4 Å². The molecule has 0 unspecified atom stereocenters. The van der Waals surface area contributed by atoms with Gasteiger partial charge in [-0.05, 0) is 19.1 Å². The Morgan fingerprint density at radius 2 is 2.25 bits per heavy atom. The molecule has 16 heavy (non-hydrogen) atoms. The Morgan fingerprint density at radius 3 is 3.06 bits per heavy atom. The molecule has 0 aliphatic carbocycles. The van der Waals surface area contributed by atoms with Gasteiger partial charge in [-0.2, -0.15) is 4.52 Å². The van der Waals surface area contributed by atoms with E-state index in [0.717, 1.165) is 5.39 Å². The molecule has 0 aliphatic rings. The zero-order valence-electron chi connectivity index (χ0n) is 8.47. The van der Waals surface area contributed by atoms with E-state index < -0.39 is 0 Å². The third-order valence-corrected chi connectivity index (χ3v) is 2.31. The molecule has 0 amide bonds. The number of aromatic nitrogens is 4. The van der Waals surface area contributed by atoms with Crippen molar-refractivity contribution in [2.45, 2.75) is 6.92 Å². The molecule has 0 spiro atoms. The summed E-state index contributed by atoms with van der Waals surface area (Å²) in [5.41, 5.74) is 1.90. The van der Waals surface area contributed by atoms with E-state index in [1.165, 1.54) is 10.6 Å². The first-order valence-corrected chi connectivity index (χ1v) is 4.59. The fourth-order valence-corrected chi connectivity index (χ4v) is 1.67. The number of pyridine rings is 1. The van der Waals surface area contributed by atoms with Gasteiger partial charge in [0.25, 0.3) is 5.56 Å². The second kappa shape index (κ2) is 3.61. The van der Waals surface area contributed by atoms with Crippen LogP contribution >= 0.6 is 12.4 Å². The van der Waals surface area contributed by atoms with Crippen LogP contribution in [-0.2, 0) is 0 Å². The van der Waals surface area contributed by atoms with Crippen molar-refractivity contribution >= 4 is 29.1 Å². The number of rotatable bonds is 0. The standard InChI is InChI=1S/C10H8N4O.ClH/c1-6-5-8(15)14-10(12-6)7-3-2-4-11-9(7)13-14;/h2-5H,1H3,(H,11,13);1H. The maximum atomic E-state index is 11.6. The van der Waals surface area contributed by atoms with Crippen molar-refractivity contribution in [3.05, 3.63) is 40.4 Å². The largest absolute Gasteiger partial charge is 0.272 e. The van der Waals surface area contributed by atoms with Crippen molar-refractivity contribution in [1.82, 2.24) is 19.6 Å². The summed E-state index contributed by atoms with van der Waals surface area (Å²) < 4.78 is 1.41. The highest BCUT2D eigenvalue weighted by Crippen LogP contribution is 2.13. The van der Waals surface area contributed by atoms with Gasteiger partial charge in [0.15, 0.2) is 11.3 Å². The summed E-state index contributed by atoms with van der Waals surface area (Å²) in [5, 5.41) is 3.76. The van der Waals surface area contributed by atoms with Gasteiger partial charge in [0, 0.05) is 18.0 Å². The third kappa shape index (κ3) is 1.37. The van der Waals surface area contributed by atoms with Crippen LogP contribution in [0.25, 0.3) is 16.7 Å². The molecule has 0 saturated carbocycles. The fraction of sp³-hybridized carbons (Fsp3) is 0.100. The van der Waals surface area contributed by atoms with E-state index in [4.69, 9.17) is 0 Å². The first-order valence-electron chi connectivity index (χ1n) is 4.59. The van der Waals surface area contributed by atoms with Crippen LogP contribution < -0.4 is 5.56 Å². The summed E-state index contributed by atoms with van der Waals surface area (Å²) in [7, 11) is 0. The Labute approximate surface area is 96.5 Å². The Hall–Kier alpha value is -1.88. The predicted octanol–water partition coefficient (Wildman–Crippen LogP) is 1.30. The number of aromatic amines is 1. The average Bonchev–Trinajstić information content (AvgIpc) is 2.57. The molecule has 0 bridgehead atoms. The van der Waals surface area contributed by atoms with Gasteiger partial charge in [0.05, 0.1) is 5.39 Å². The van der Waals surface area contributed by atoms with E-state index >= 15 is 0 Å². The second-order valence-corrected chi connectivity index (χ2v) is 3.41. The van der Waals surface area contributed by atoms with Crippen molar-refractivity contribution in [1.29, 1.82) is 0 Å². The minimum absolute atomic E-state index is 0. The number of aryl methyl sites for hydroxylation is 1. The summed E-state index contributed by atoms with van der Waals surface area (Å²) in [6, 6.07) is 5.20. The number of nitrogens with one attached hydrogen (secondary N) is 1. The molecular formula is C10H9ClN4O. The number of hydrogen-bond acceptors (Lipinski definition) is 3. The minimum atomic E-state index is -0.115. The first-order chi connectivity index (χ1) is 7.25. The maximum absolute atomic E-state index is 11.6. The van der Waals surface area contributed by atoms with Crippen molar-refractivity contribution in [2.24, 2.45) is 0 Å². The van der Waals surface area contributed by atoms with Gasteiger partial charge in [0.2, 0.25) is 0 Å². The van der Waals surface area contributed by atoms with Crippen LogP contribution in [0.15, 0.2) is 29.2 Å². The van der Waals surface area contributed by atoms with E-state index in [2.05, 4.69) is 15.1 Å². The lowest BCUT2D eigenvalue weighted by Gasteiger charge is -1.93. The highest BCUT2D eigenvalue weighted by Gasteiger charge is 2.07. The van der Waals surface area contributed by atoms with Gasteiger partial charge in [-0.25, -0.2) is 9.97 Å². The first kappa shape index (κ1) is 10.6. The zero-order valence-corrected chi connectivity index (χ0v) is 9.28. The Balaban J connectivity index is 0.000000963. The lowest BCUT2D eigenvalue weighted by atomic mass is 10.3. The zero-order chi connectivity index (χ0) is 10.4. The van der Waals surface area contributed by atoms with Crippen molar-refractivity contribution < 1.29 is 0 Å². The topological polar surface area (TPSA) is 63.0 Å². The Kier molecular flexibility index (Phi) is 2.40. The van der Waals surface area contributed by atoms with Crippen molar-refractivity contribution in [3.63, 3.8) is 0 Å². The fourth-order valence-electron chi connectivity index (χ4n) is 1.67. The normalized spacial score (nSPS) is 10.6. The Bertz CT molecular complexity index is 715. The monoisotopic (exact) mass is 236 g/mol. The molecule has 6 heteroatoms. The number of nitrogens with zero attached hydrogens (tertiary/aromatic N) is 3. The van der Waals surface area contributed by atoms with Gasteiger partial charge < -0.3 is 0 Å². The Morgan fingerprint density at radius 1 is 1.44 bits per heavy atom. The SMILES string of the molecule is Cc1cc(=O)n2[nH]c3ncccc3c2n1.Cl. The summed E-state index contributed by atoms with van der Waals surface area (Å²) in [5.74, 6) is 0. The van der Waals surface area contributed by atoms with E-state index in [1.54, 1.807) is 13.1 Å². The summed E-state index contributed by atoms with van der Waals surface area (Å²) >= 11 is 0. The molecular weight excluding hydrogens is 228 g/mol. The molecule has 0 fully saturated rings. The third-order valence-electron chi connectivity index (χ3n) is 2.31. The van der Waals surface area contributed by atoms with E-state index in [1.807, 2.05) is 12.1 Å². The summed E-state index contributed by atoms with van der Waals surface area (Å²) in [6.07, 6.45) is 1.68. The molecule has 0 radical (unpaired) electrons. The van der Waals surface area contributed by atoms with Crippen LogP contribution in [0.5, 0.6) is 0 Å². The lowest BCUT2D eigenvalue weighted by molar-refractivity contribution is 0.898. The molecule has 0 saturated heterocycles. The minimum Gasteiger partial charge on any atom is -0.272 e. The molecule has 3 aromatic rings. The molecule has 3 rings (SSSR count). The molecule has 3 heterocycles. The molecule has 5 nitrogen and oxygen atoms in total. The summed E-state index contributed by atoms with van der Waals surface area (Å²) in [6.45, 7) is 1.80. The van der Waals surface area contributed by atoms with Crippen LogP contribution in [0, 0.1) is 6.92 Å². The molecule has 0 aliphatic heterocycles. The number of fused-ring (bicyclic) bond motifs is 3. The van der Waals surface area contributed by atoms with E-state index in [0.29, 0.717) is 17.0 Å². The molecule has 1 N–H and O–H groups in total. The van der Waals surface area contributed by atoms with E-state index in [9.17, 15) is 4.79 Å². The van der Waals surface area contributed by atoms with Gasteiger partial charge in [-0.3, -0.25) is 9.89 Å². The highest BCUT2D eigenvalue weighted by molar-refractivity contribution is 5.89. The average molecular weight is 237 g/mol. The predicted molar refractivity (Wildman–Crippen MR) is 63.1 cm³/mol. The number of hydrogen-bond donors (Lipinski definition) is 1.